The normalized spacial score (nSPS) is 18.3. The van der Waals surface area contributed by atoms with E-state index in [0.717, 1.165) is 22.8 Å². The smallest absolute Gasteiger partial charge is 0.174 e. The first kappa shape index (κ1) is 19.5. The zero-order chi connectivity index (χ0) is 21.4. The van der Waals surface area contributed by atoms with Gasteiger partial charge in [0, 0.05) is 29.5 Å². The van der Waals surface area contributed by atoms with Gasteiger partial charge >= 0.3 is 0 Å². The summed E-state index contributed by atoms with van der Waals surface area (Å²) >= 11 is 5.87. The molecule has 5 heteroatoms. The third kappa shape index (κ3) is 3.62. The van der Waals surface area contributed by atoms with Gasteiger partial charge in [-0.15, -0.1) is 0 Å². The van der Waals surface area contributed by atoms with Crippen LogP contribution in [0.1, 0.15) is 34.6 Å². The van der Waals surface area contributed by atoms with Crippen molar-refractivity contribution < 1.29 is 0 Å². The number of hydrogen-bond acceptors (Lipinski definition) is 2. The van der Waals surface area contributed by atoms with Crippen LogP contribution < -0.4 is 10.2 Å². The van der Waals surface area contributed by atoms with Gasteiger partial charge in [-0.25, -0.2) is 0 Å². The van der Waals surface area contributed by atoms with Gasteiger partial charge < -0.3 is 14.8 Å². The van der Waals surface area contributed by atoms with Crippen molar-refractivity contribution in [1.82, 2.24) is 14.9 Å². The van der Waals surface area contributed by atoms with Crippen LogP contribution in [0.2, 0.25) is 0 Å². The number of para-hydroxylation sites is 1. The lowest BCUT2D eigenvalue weighted by Gasteiger charge is -2.29. The van der Waals surface area contributed by atoms with Crippen LogP contribution in [0.4, 0.5) is 5.69 Å². The number of aryl methyl sites for hydroxylation is 2. The number of aromatic nitrogens is 2. The molecule has 0 aliphatic carbocycles. The van der Waals surface area contributed by atoms with E-state index in [0.29, 0.717) is 5.11 Å². The number of hydrogen-bond donors (Lipinski definition) is 1. The number of nitrogens with zero attached hydrogens (tertiary/aromatic N) is 3. The Bertz CT molecular complexity index is 1200. The predicted molar refractivity (Wildman–Crippen MR) is 130 cm³/mol. The largest absolute Gasteiger partial charge is 0.351 e. The summed E-state index contributed by atoms with van der Waals surface area (Å²) < 4.78 is 2.24. The summed E-state index contributed by atoms with van der Waals surface area (Å²) in [7, 11) is 0. The molecule has 5 rings (SSSR count). The van der Waals surface area contributed by atoms with Crippen LogP contribution in [0.25, 0.3) is 5.69 Å². The number of thiocarbonyl (C=S) groups is 1. The molecule has 3 heterocycles. The van der Waals surface area contributed by atoms with E-state index in [2.05, 4.69) is 100 Å². The maximum absolute atomic E-state index is 5.87. The van der Waals surface area contributed by atoms with E-state index in [1.807, 2.05) is 24.4 Å². The minimum absolute atomic E-state index is 0.0428. The van der Waals surface area contributed by atoms with E-state index in [4.69, 9.17) is 12.2 Å². The van der Waals surface area contributed by atoms with E-state index < -0.39 is 0 Å². The third-order valence-electron chi connectivity index (χ3n) is 5.70. The van der Waals surface area contributed by atoms with Gasteiger partial charge in [-0.3, -0.25) is 4.98 Å². The highest BCUT2D eigenvalue weighted by Gasteiger charge is 2.42. The third-order valence-corrected chi connectivity index (χ3v) is 6.01. The standard InChI is InChI=1S/C26H24N4S/c1-18-15-19(2)17-21(16-18)30-25(24(28-26(30)31)22-11-6-7-13-27-22)23-12-8-14-29(23)20-9-4-3-5-10-20/h3-17,24-25H,1-2H3,(H,28,31)/t24-,25-/m1/s1. The second kappa shape index (κ2) is 8.00. The van der Waals surface area contributed by atoms with Crippen molar-refractivity contribution in [2.24, 2.45) is 0 Å². The van der Waals surface area contributed by atoms with Crippen LogP contribution in [-0.2, 0) is 0 Å². The Morgan fingerprint density at radius 2 is 1.58 bits per heavy atom. The topological polar surface area (TPSA) is 33.1 Å². The Morgan fingerprint density at radius 3 is 2.29 bits per heavy atom. The van der Waals surface area contributed by atoms with E-state index in [1.165, 1.54) is 11.1 Å². The second-order valence-electron chi connectivity index (χ2n) is 7.98. The van der Waals surface area contributed by atoms with E-state index in [9.17, 15) is 0 Å². The maximum atomic E-state index is 5.87. The highest BCUT2D eigenvalue weighted by Crippen LogP contribution is 2.42. The predicted octanol–water partition coefficient (Wildman–Crippen LogP) is 5.67. The Balaban J connectivity index is 1.69. The molecule has 154 valence electrons. The fraction of sp³-hybridized carbons (Fsp3) is 0.154. The molecule has 0 saturated carbocycles. The summed E-state index contributed by atoms with van der Waals surface area (Å²) in [6, 6.07) is 27.2. The summed E-state index contributed by atoms with van der Waals surface area (Å²) in [5.74, 6) is 0. The fourth-order valence-corrected chi connectivity index (χ4v) is 4.83. The minimum Gasteiger partial charge on any atom is -0.351 e. The lowest BCUT2D eigenvalue weighted by Crippen LogP contribution is -2.30. The number of rotatable bonds is 4. The highest BCUT2D eigenvalue weighted by atomic mass is 32.1. The average molecular weight is 425 g/mol. The van der Waals surface area contributed by atoms with Gasteiger partial charge in [0.2, 0.25) is 0 Å². The lowest BCUT2D eigenvalue weighted by atomic mass is 10.00. The molecule has 4 nitrogen and oxygen atoms in total. The number of anilines is 1. The van der Waals surface area contributed by atoms with Crippen molar-refractivity contribution in [2.75, 3.05) is 4.90 Å². The van der Waals surface area contributed by atoms with Gasteiger partial charge in [0.05, 0.1) is 11.7 Å². The molecule has 0 amide bonds. The van der Waals surface area contributed by atoms with Gasteiger partial charge in [0.25, 0.3) is 0 Å². The molecule has 31 heavy (non-hydrogen) atoms. The van der Waals surface area contributed by atoms with Crippen LogP contribution in [0.3, 0.4) is 0 Å². The van der Waals surface area contributed by atoms with Crippen molar-refractivity contribution in [3.63, 3.8) is 0 Å². The fourth-order valence-electron chi connectivity index (χ4n) is 4.48. The van der Waals surface area contributed by atoms with E-state index in [-0.39, 0.29) is 12.1 Å². The zero-order valence-electron chi connectivity index (χ0n) is 17.6. The molecule has 2 aromatic carbocycles. The first-order chi connectivity index (χ1) is 15.1. The van der Waals surface area contributed by atoms with Crippen LogP contribution in [0.5, 0.6) is 0 Å². The van der Waals surface area contributed by atoms with Gasteiger partial charge in [-0.1, -0.05) is 30.3 Å². The molecule has 1 saturated heterocycles. The molecule has 0 radical (unpaired) electrons. The first-order valence-electron chi connectivity index (χ1n) is 10.4. The number of nitrogens with one attached hydrogen (secondary N) is 1. The van der Waals surface area contributed by atoms with Crippen molar-refractivity contribution >= 4 is 23.0 Å². The lowest BCUT2D eigenvalue weighted by molar-refractivity contribution is 0.549. The molecule has 1 aliphatic heterocycles. The molecule has 1 aliphatic rings. The molecule has 1 N–H and O–H groups in total. The Hall–Kier alpha value is -3.44. The van der Waals surface area contributed by atoms with Crippen LogP contribution in [0, 0.1) is 13.8 Å². The minimum atomic E-state index is -0.0631. The van der Waals surface area contributed by atoms with Gasteiger partial charge in [-0.2, -0.15) is 0 Å². The van der Waals surface area contributed by atoms with Crippen LogP contribution in [-0.4, -0.2) is 14.7 Å². The SMILES string of the molecule is Cc1cc(C)cc(N2C(=S)N[C@H](c3ccccn3)[C@H]2c2cccn2-c2ccccc2)c1. The molecule has 4 aromatic rings. The Kier molecular flexibility index (Phi) is 5.04. The Morgan fingerprint density at radius 1 is 0.839 bits per heavy atom. The summed E-state index contributed by atoms with van der Waals surface area (Å²) in [6.07, 6.45) is 3.95. The van der Waals surface area contributed by atoms with E-state index >= 15 is 0 Å². The van der Waals surface area contributed by atoms with Crippen molar-refractivity contribution in [3.8, 4) is 5.69 Å². The molecular formula is C26H24N4S. The maximum Gasteiger partial charge on any atom is 0.174 e. The molecule has 1 fully saturated rings. The van der Waals surface area contributed by atoms with Crippen LogP contribution >= 0.6 is 12.2 Å². The van der Waals surface area contributed by atoms with Crippen molar-refractivity contribution in [1.29, 1.82) is 0 Å². The van der Waals surface area contributed by atoms with Crippen molar-refractivity contribution in [2.45, 2.75) is 25.9 Å². The van der Waals surface area contributed by atoms with Gasteiger partial charge in [-0.05, 0) is 85.7 Å². The molecule has 0 unspecified atom stereocenters. The summed E-state index contributed by atoms with van der Waals surface area (Å²) in [5, 5.41) is 4.27. The monoisotopic (exact) mass is 424 g/mol. The Labute approximate surface area is 188 Å². The van der Waals surface area contributed by atoms with Gasteiger partial charge in [0.1, 0.15) is 6.04 Å². The molecule has 0 bridgehead atoms. The number of pyridine rings is 1. The van der Waals surface area contributed by atoms with E-state index in [1.54, 1.807) is 0 Å². The zero-order valence-corrected chi connectivity index (χ0v) is 18.4. The van der Waals surface area contributed by atoms with Crippen LogP contribution in [0.15, 0.2) is 91.3 Å². The first-order valence-corrected chi connectivity index (χ1v) is 10.8. The summed E-state index contributed by atoms with van der Waals surface area (Å²) in [6.45, 7) is 4.25. The molecular weight excluding hydrogens is 400 g/mol. The second-order valence-corrected chi connectivity index (χ2v) is 8.37. The molecule has 2 aromatic heterocycles. The highest BCUT2D eigenvalue weighted by molar-refractivity contribution is 7.80. The number of benzene rings is 2. The molecule has 2 atom stereocenters. The molecule has 0 spiro atoms. The average Bonchev–Trinajstić information content (AvgIpc) is 3.38. The van der Waals surface area contributed by atoms with Crippen molar-refractivity contribution in [3.05, 3.63) is 114 Å². The summed E-state index contributed by atoms with van der Waals surface area (Å²) in [4.78, 5) is 6.90. The summed E-state index contributed by atoms with van der Waals surface area (Å²) in [5.41, 5.74) is 6.79. The quantitative estimate of drug-likeness (QED) is 0.428. The van der Waals surface area contributed by atoms with Gasteiger partial charge in [0.15, 0.2) is 5.11 Å².